The molecule has 98 valence electrons. The summed E-state index contributed by atoms with van der Waals surface area (Å²) in [5, 5.41) is 9.26. The lowest BCUT2D eigenvalue weighted by molar-refractivity contribution is 0.0696. The molecule has 1 aromatic heterocycles. The summed E-state index contributed by atoms with van der Waals surface area (Å²) in [6.45, 7) is 1.70. The Balaban J connectivity index is 2.53. The molecule has 0 radical (unpaired) electrons. The van der Waals surface area contributed by atoms with Crippen LogP contribution in [0.5, 0.6) is 0 Å². The monoisotopic (exact) mass is 260 g/mol. The van der Waals surface area contributed by atoms with Crippen molar-refractivity contribution in [1.82, 2.24) is 4.98 Å². The van der Waals surface area contributed by atoms with Gasteiger partial charge >= 0.3 is 5.97 Å². The summed E-state index contributed by atoms with van der Waals surface area (Å²) in [4.78, 5) is 16.9. The third-order valence-electron chi connectivity index (χ3n) is 2.87. The highest BCUT2D eigenvalue weighted by Gasteiger charge is 2.18. The van der Waals surface area contributed by atoms with Crippen molar-refractivity contribution in [3.05, 3.63) is 53.5 Å². The minimum Gasteiger partial charge on any atom is -0.478 e. The van der Waals surface area contributed by atoms with Crippen LogP contribution in [-0.4, -0.2) is 23.1 Å². The zero-order chi connectivity index (χ0) is 14.0. The van der Waals surface area contributed by atoms with E-state index in [0.29, 0.717) is 11.3 Å². The van der Waals surface area contributed by atoms with Crippen molar-refractivity contribution in [3.8, 4) is 0 Å². The lowest BCUT2D eigenvalue weighted by Gasteiger charge is -2.20. The summed E-state index contributed by atoms with van der Waals surface area (Å²) in [7, 11) is 1.66. The Morgan fingerprint density at radius 1 is 1.37 bits per heavy atom. The number of pyridine rings is 1. The molecule has 0 saturated heterocycles. The van der Waals surface area contributed by atoms with E-state index < -0.39 is 5.97 Å². The van der Waals surface area contributed by atoms with E-state index in [2.05, 4.69) is 4.98 Å². The zero-order valence-corrected chi connectivity index (χ0v) is 10.6. The smallest absolute Gasteiger partial charge is 0.339 e. The van der Waals surface area contributed by atoms with Crippen LogP contribution in [0, 0.1) is 12.7 Å². The number of nitrogens with zero attached hydrogens (tertiary/aromatic N) is 2. The molecule has 0 aliphatic rings. The molecule has 0 unspecified atom stereocenters. The van der Waals surface area contributed by atoms with Gasteiger partial charge in [0.1, 0.15) is 17.2 Å². The van der Waals surface area contributed by atoms with Crippen LogP contribution >= 0.6 is 0 Å². The maximum Gasteiger partial charge on any atom is 0.339 e. The van der Waals surface area contributed by atoms with Crippen molar-refractivity contribution in [3.63, 3.8) is 0 Å². The molecule has 0 atom stereocenters. The largest absolute Gasteiger partial charge is 0.478 e. The van der Waals surface area contributed by atoms with E-state index in [1.165, 1.54) is 18.3 Å². The van der Waals surface area contributed by atoms with Crippen LogP contribution in [0.3, 0.4) is 0 Å². The molecule has 19 heavy (non-hydrogen) atoms. The van der Waals surface area contributed by atoms with Gasteiger partial charge in [-0.2, -0.15) is 0 Å². The van der Waals surface area contributed by atoms with E-state index in [9.17, 15) is 14.3 Å². The molecule has 4 nitrogen and oxygen atoms in total. The first-order chi connectivity index (χ1) is 9.00. The van der Waals surface area contributed by atoms with Crippen LogP contribution in [0.2, 0.25) is 0 Å². The number of halogens is 1. The highest BCUT2D eigenvalue weighted by atomic mass is 19.1. The second kappa shape index (κ2) is 5.06. The van der Waals surface area contributed by atoms with Crippen molar-refractivity contribution in [2.45, 2.75) is 6.92 Å². The van der Waals surface area contributed by atoms with Crippen LogP contribution in [0.15, 0.2) is 36.5 Å². The van der Waals surface area contributed by atoms with Gasteiger partial charge in [0.05, 0.1) is 0 Å². The molecule has 1 N–H and O–H groups in total. The number of aromatic nitrogens is 1. The van der Waals surface area contributed by atoms with Gasteiger partial charge in [-0.25, -0.2) is 14.2 Å². The molecular weight excluding hydrogens is 247 g/mol. The van der Waals surface area contributed by atoms with E-state index in [1.54, 1.807) is 37.1 Å². The zero-order valence-electron chi connectivity index (χ0n) is 10.6. The molecule has 0 aliphatic carbocycles. The predicted molar refractivity (Wildman–Crippen MR) is 70.4 cm³/mol. The Bertz CT molecular complexity index is 629. The van der Waals surface area contributed by atoms with Crippen LogP contribution in [0.1, 0.15) is 15.9 Å². The predicted octanol–water partition coefficient (Wildman–Crippen LogP) is 3.00. The van der Waals surface area contributed by atoms with E-state index in [4.69, 9.17) is 0 Å². The second-order valence-corrected chi connectivity index (χ2v) is 4.17. The molecule has 0 fully saturated rings. The van der Waals surface area contributed by atoms with Crippen molar-refractivity contribution < 1.29 is 14.3 Å². The maximum atomic E-state index is 13.2. The van der Waals surface area contributed by atoms with E-state index in [-0.39, 0.29) is 17.2 Å². The molecule has 0 saturated carbocycles. The quantitative estimate of drug-likeness (QED) is 0.921. The Hall–Kier alpha value is -2.43. The summed E-state index contributed by atoms with van der Waals surface area (Å²) in [6.07, 6.45) is 1.53. The summed E-state index contributed by atoms with van der Waals surface area (Å²) in [5.74, 6) is -1.14. The Morgan fingerprint density at radius 3 is 2.74 bits per heavy atom. The average Bonchev–Trinajstić information content (AvgIpc) is 2.37. The van der Waals surface area contributed by atoms with Gasteiger partial charge in [0.25, 0.3) is 0 Å². The number of rotatable bonds is 3. The number of carboxylic acid groups (broad SMARTS) is 1. The van der Waals surface area contributed by atoms with Crippen molar-refractivity contribution in [1.29, 1.82) is 0 Å². The van der Waals surface area contributed by atoms with Crippen molar-refractivity contribution in [2.24, 2.45) is 0 Å². The van der Waals surface area contributed by atoms with E-state index in [0.717, 1.165) is 0 Å². The second-order valence-electron chi connectivity index (χ2n) is 4.17. The topological polar surface area (TPSA) is 53.4 Å². The number of aryl methyl sites for hydroxylation is 1. The van der Waals surface area contributed by atoms with Crippen molar-refractivity contribution in [2.75, 3.05) is 11.9 Å². The van der Waals surface area contributed by atoms with Gasteiger partial charge in [0.15, 0.2) is 0 Å². The van der Waals surface area contributed by atoms with Crippen LogP contribution in [-0.2, 0) is 0 Å². The number of aromatic carboxylic acids is 1. The van der Waals surface area contributed by atoms with Gasteiger partial charge < -0.3 is 10.0 Å². The molecule has 1 aromatic carbocycles. The third kappa shape index (κ3) is 2.54. The van der Waals surface area contributed by atoms with Gasteiger partial charge in [-0.15, -0.1) is 0 Å². The molecule has 0 amide bonds. The van der Waals surface area contributed by atoms with Crippen LogP contribution in [0.4, 0.5) is 15.9 Å². The van der Waals surface area contributed by atoms with Crippen LogP contribution < -0.4 is 4.90 Å². The summed E-state index contributed by atoms with van der Waals surface area (Å²) in [5.41, 5.74) is 1.27. The van der Waals surface area contributed by atoms with E-state index in [1.807, 2.05) is 0 Å². The fraction of sp³-hybridized carbons (Fsp3) is 0.143. The minimum atomic E-state index is -1.05. The number of benzene rings is 1. The molecule has 0 spiro atoms. The summed E-state index contributed by atoms with van der Waals surface area (Å²) in [6, 6.07) is 7.55. The molecule has 2 rings (SSSR count). The van der Waals surface area contributed by atoms with Gasteiger partial charge in [0.2, 0.25) is 0 Å². The average molecular weight is 260 g/mol. The number of hydrogen-bond donors (Lipinski definition) is 1. The molecule has 5 heteroatoms. The first kappa shape index (κ1) is 13.0. The number of carbonyl (C=O) groups is 1. The molecule has 2 aromatic rings. The number of anilines is 2. The molecule has 1 heterocycles. The molecule has 0 bridgehead atoms. The van der Waals surface area contributed by atoms with Crippen LogP contribution in [0.25, 0.3) is 0 Å². The number of carboxylic acids is 1. The summed E-state index contributed by atoms with van der Waals surface area (Å²) < 4.78 is 13.2. The van der Waals surface area contributed by atoms with Gasteiger partial charge in [0, 0.05) is 18.9 Å². The SMILES string of the molecule is Cc1ccnc(N(C)c2cccc(F)c2)c1C(=O)O. The van der Waals surface area contributed by atoms with Gasteiger partial charge in [-0.05, 0) is 36.8 Å². The van der Waals surface area contributed by atoms with Gasteiger partial charge in [-0.1, -0.05) is 6.07 Å². The normalized spacial score (nSPS) is 10.3. The highest BCUT2D eigenvalue weighted by Crippen LogP contribution is 2.27. The summed E-state index contributed by atoms with van der Waals surface area (Å²) >= 11 is 0. The maximum absolute atomic E-state index is 13.2. The highest BCUT2D eigenvalue weighted by molar-refractivity contribution is 5.95. The standard InChI is InChI=1S/C14H13FN2O2/c1-9-6-7-16-13(12(9)14(18)19)17(2)11-5-3-4-10(15)8-11/h3-8H,1-2H3,(H,18,19). The first-order valence-electron chi connectivity index (χ1n) is 5.69. The van der Waals surface area contributed by atoms with Crippen molar-refractivity contribution >= 4 is 17.5 Å². The van der Waals surface area contributed by atoms with E-state index >= 15 is 0 Å². The Kier molecular flexibility index (Phi) is 3.46. The first-order valence-corrected chi connectivity index (χ1v) is 5.69. The Morgan fingerprint density at radius 2 is 2.11 bits per heavy atom. The molecule has 0 aliphatic heterocycles. The fourth-order valence-corrected chi connectivity index (χ4v) is 1.87. The number of hydrogen-bond acceptors (Lipinski definition) is 3. The Labute approximate surface area is 110 Å². The lowest BCUT2D eigenvalue weighted by Crippen LogP contribution is -2.17. The minimum absolute atomic E-state index is 0.120. The lowest BCUT2D eigenvalue weighted by atomic mass is 10.1. The fourth-order valence-electron chi connectivity index (χ4n) is 1.87. The third-order valence-corrected chi connectivity index (χ3v) is 2.87. The van der Waals surface area contributed by atoms with Gasteiger partial charge in [-0.3, -0.25) is 0 Å². The molecular formula is C14H13FN2O2.